The molecule has 0 aliphatic rings. The van der Waals surface area contributed by atoms with Gasteiger partial charge < -0.3 is 22.9 Å². The van der Waals surface area contributed by atoms with Crippen LogP contribution in [-0.4, -0.2) is 19.9 Å². The topological polar surface area (TPSA) is 156 Å². The lowest BCUT2D eigenvalue weighted by molar-refractivity contribution is 1.18. The first-order valence-electron chi connectivity index (χ1n) is 4.36. The molecule has 2 aromatic rings. The molecular weight excluding hydrogens is 288 g/mol. The summed E-state index contributed by atoms with van der Waals surface area (Å²) in [6.45, 7) is 0. The predicted octanol–water partition coefficient (Wildman–Crippen LogP) is 0.0445. The molecule has 8 nitrogen and oxygen atoms in total. The molecule has 0 radical (unpaired) electrons. The number of nitrogen functional groups attached to an aromatic ring is 4. The van der Waals surface area contributed by atoms with Crippen LogP contribution >= 0.6 is 15.9 Å². The molecule has 0 spiro atoms. The largest absolute Gasteiger partial charge is 0.384 e. The highest BCUT2D eigenvalue weighted by atomic mass is 79.9. The van der Waals surface area contributed by atoms with Gasteiger partial charge in [-0.25, -0.2) is 9.97 Å². The molecule has 0 saturated carbocycles. The van der Waals surface area contributed by atoms with Gasteiger partial charge in [-0.1, -0.05) is 0 Å². The van der Waals surface area contributed by atoms with Gasteiger partial charge in [-0.2, -0.15) is 9.97 Å². The lowest BCUT2D eigenvalue weighted by Crippen LogP contribution is -1.98. The molecular formula is C8H11BrN8. The van der Waals surface area contributed by atoms with Gasteiger partial charge >= 0.3 is 0 Å². The summed E-state index contributed by atoms with van der Waals surface area (Å²) in [4.78, 5) is 14.6. The Kier molecular flexibility index (Phi) is 4.40. The fraction of sp³-hybridized carbons (Fsp3) is 0. The van der Waals surface area contributed by atoms with E-state index in [2.05, 4.69) is 35.9 Å². The summed E-state index contributed by atoms with van der Waals surface area (Å²) in [7, 11) is 0. The molecule has 2 aromatic heterocycles. The van der Waals surface area contributed by atoms with Crippen molar-refractivity contribution in [3.05, 3.63) is 22.9 Å². The fourth-order valence-corrected chi connectivity index (χ4v) is 0.974. The zero-order valence-electron chi connectivity index (χ0n) is 8.71. The minimum absolute atomic E-state index is 0.190. The van der Waals surface area contributed by atoms with Crippen LogP contribution in [0.1, 0.15) is 0 Å². The molecule has 8 N–H and O–H groups in total. The van der Waals surface area contributed by atoms with Gasteiger partial charge in [0.05, 0.1) is 4.47 Å². The quantitative estimate of drug-likeness (QED) is 0.531. The maximum absolute atomic E-state index is 5.34. The Hall–Kier alpha value is -2.16. The van der Waals surface area contributed by atoms with Crippen LogP contribution in [-0.2, 0) is 0 Å². The predicted molar refractivity (Wildman–Crippen MR) is 69.4 cm³/mol. The molecule has 9 heteroatoms. The van der Waals surface area contributed by atoms with Gasteiger partial charge in [0.25, 0.3) is 0 Å². The molecule has 2 rings (SSSR count). The first kappa shape index (κ1) is 12.9. The van der Waals surface area contributed by atoms with Crippen molar-refractivity contribution in [1.82, 2.24) is 19.9 Å². The average molecular weight is 299 g/mol. The first-order valence-corrected chi connectivity index (χ1v) is 5.16. The molecule has 0 atom stereocenters. The SMILES string of the molecule is Nc1ccnc(N)n1.Nc1ncc(Br)c(N)n1. The van der Waals surface area contributed by atoms with E-state index in [1.54, 1.807) is 6.07 Å². The van der Waals surface area contributed by atoms with E-state index in [1.807, 2.05) is 0 Å². The van der Waals surface area contributed by atoms with E-state index in [-0.39, 0.29) is 11.9 Å². The smallest absolute Gasteiger partial charge is 0.221 e. The third kappa shape index (κ3) is 4.47. The van der Waals surface area contributed by atoms with Crippen LogP contribution in [0.15, 0.2) is 22.9 Å². The van der Waals surface area contributed by atoms with E-state index in [1.165, 1.54) is 12.4 Å². The zero-order valence-corrected chi connectivity index (χ0v) is 10.3. The van der Waals surface area contributed by atoms with Crippen molar-refractivity contribution in [1.29, 1.82) is 0 Å². The van der Waals surface area contributed by atoms with Crippen LogP contribution in [0.3, 0.4) is 0 Å². The Labute approximate surface area is 106 Å². The van der Waals surface area contributed by atoms with Crippen molar-refractivity contribution < 1.29 is 0 Å². The van der Waals surface area contributed by atoms with Crippen LogP contribution in [0.25, 0.3) is 0 Å². The highest BCUT2D eigenvalue weighted by Crippen LogP contribution is 2.14. The fourth-order valence-electron chi connectivity index (χ4n) is 0.783. The Morgan fingerprint density at radius 3 is 2.00 bits per heavy atom. The average Bonchev–Trinajstić information content (AvgIpc) is 2.24. The first-order chi connectivity index (χ1) is 7.99. The summed E-state index contributed by atoms with van der Waals surface area (Å²) in [6, 6.07) is 1.58. The number of nitrogens with zero attached hydrogens (tertiary/aromatic N) is 4. The summed E-state index contributed by atoms with van der Waals surface area (Å²) < 4.78 is 0.664. The number of aromatic nitrogens is 4. The van der Waals surface area contributed by atoms with E-state index in [4.69, 9.17) is 22.9 Å². The molecule has 0 fully saturated rings. The van der Waals surface area contributed by atoms with Crippen LogP contribution in [0.4, 0.5) is 23.5 Å². The van der Waals surface area contributed by atoms with Gasteiger partial charge in [0.2, 0.25) is 11.9 Å². The second-order valence-electron chi connectivity index (χ2n) is 2.80. The van der Waals surface area contributed by atoms with Gasteiger partial charge in [-0.3, -0.25) is 0 Å². The summed E-state index contributed by atoms with van der Waals surface area (Å²) in [6.07, 6.45) is 3.02. The number of anilines is 4. The highest BCUT2D eigenvalue weighted by molar-refractivity contribution is 9.10. The van der Waals surface area contributed by atoms with Crippen molar-refractivity contribution in [3.8, 4) is 0 Å². The number of hydrogen-bond donors (Lipinski definition) is 4. The Morgan fingerprint density at radius 1 is 0.941 bits per heavy atom. The van der Waals surface area contributed by atoms with E-state index in [9.17, 15) is 0 Å². The van der Waals surface area contributed by atoms with Crippen molar-refractivity contribution >= 4 is 39.5 Å². The van der Waals surface area contributed by atoms with Crippen LogP contribution in [0.5, 0.6) is 0 Å². The third-order valence-corrected chi connectivity index (χ3v) is 2.10. The standard InChI is InChI=1S/C4H5BrN4.C4H6N4/c5-2-1-8-4(7)9-3(2)6;5-3-1-2-7-4(6)8-3/h1H,(H4,6,7,8,9);1-2H,(H4,5,6,7,8). The molecule has 0 unspecified atom stereocenters. The maximum Gasteiger partial charge on any atom is 0.221 e. The lowest BCUT2D eigenvalue weighted by Gasteiger charge is -1.94. The van der Waals surface area contributed by atoms with Crippen molar-refractivity contribution in [2.45, 2.75) is 0 Å². The molecule has 0 amide bonds. The molecule has 0 saturated heterocycles. The third-order valence-electron chi connectivity index (χ3n) is 1.49. The van der Waals surface area contributed by atoms with Gasteiger partial charge in [-0.15, -0.1) is 0 Å². The number of halogens is 1. The second kappa shape index (κ2) is 5.80. The number of nitrogens with two attached hydrogens (primary N) is 4. The molecule has 2 heterocycles. The molecule has 17 heavy (non-hydrogen) atoms. The van der Waals surface area contributed by atoms with E-state index < -0.39 is 0 Å². The minimum atomic E-state index is 0.190. The number of hydrogen-bond acceptors (Lipinski definition) is 8. The Bertz CT molecular complexity index is 485. The summed E-state index contributed by atoms with van der Waals surface area (Å²) in [5.74, 6) is 1.17. The molecule has 0 aliphatic heterocycles. The molecule has 0 aliphatic carbocycles. The summed E-state index contributed by atoms with van der Waals surface area (Å²) in [5.41, 5.74) is 20.9. The lowest BCUT2D eigenvalue weighted by atomic mass is 10.6. The second-order valence-corrected chi connectivity index (χ2v) is 3.66. The Balaban J connectivity index is 0.000000171. The van der Waals surface area contributed by atoms with Gasteiger partial charge in [0, 0.05) is 12.4 Å². The molecule has 0 aromatic carbocycles. The van der Waals surface area contributed by atoms with Gasteiger partial charge in [0.15, 0.2) is 0 Å². The van der Waals surface area contributed by atoms with Gasteiger partial charge in [0.1, 0.15) is 11.6 Å². The zero-order chi connectivity index (χ0) is 12.8. The normalized spacial score (nSPS) is 9.24. The van der Waals surface area contributed by atoms with Crippen molar-refractivity contribution in [3.63, 3.8) is 0 Å². The molecule has 90 valence electrons. The van der Waals surface area contributed by atoms with Gasteiger partial charge in [-0.05, 0) is 22.0 Å². The monoisotopic (exact) mass is 298 g/mol. The Morgan fingerprint density at radius 2 is 1.59 bits per heavy atom. The summed E-state index contributed by atoms with van der Waals surface area (Å²) >= 11 is 3.12. The minimum Gasteiger partial charge on any atom is -0.384 e. The highest BCUT2D eigenvalue weighted by Gasteiger charge is 1.95. The molecule has 0 bridgehead atoms. The summed E-state index contributed by atoms with van der Waals surface area (Å²) in [5, 5.41) is 0. The van der Waals surface area contributed by atoms with Crippen LogP contribution in [0.2, 0.25) is 0 Å². The van der Waals surface area contributed by atoms with E-state index >= 15 is 0 Å². The maximum atomic E-state index is 5.34. The number of rotatable bonds is 0. The van der Waals surface area contributed by atoms with Crippen molar-refractivity contribution in [2.75, 3.05) is 22.9 Å². The van der Waals surface area contributed by atoms with Crippen LogP contribution < -0.4 is 22.9 Å². The van der Waals surface area contributed by atoms with E-state index in [0.29, 0.717) is 16.1 Å². The van der Waals surface area contributed by atoms with E-state index in [0.717, 1.165) is 0 Å². The van der Waals surface area contributed by atoms with Crippen LogP contribution in [0, 0.1) is 0 Å². The van der Waals surface area contributed by atoms with Crippen molar-refractivity contribution in [2.24, 2.45) is 0 Å².